The van der Waals surface area contributed by atoms with Crippen LogP contribution in [0.15, 0.2) is 170 Å². The number of amides is 1. The zero-order valence-corrected chi connectivity index (χ0v) is 48.1. The monoisotopic (exact) mass is 1200 g/mol. The molecule has 1 atom stereocenters. The van der Waals surface area contributed by atoms with Gasteiger partial charge in [-0.3, -0.25) is 19.2 Å². The van der Waals surface area contributed by atoms with Gasteiger partial charge in [-0.2, -0.15) is 13.2 Å². The number of carboxylic acid groups (broad SMARTS) is 4. The van der Waals surface area contributed by atoms with Crippen LogP contribution in [0.5, 0.6) is 0 Å². The Kier molecular flexibility index (Phi) is 25.1. The van der Waals surface area contributed by atoms with Gasteiger partial charge in [-0.1, -0.05) is 134 Å². The maximum atomic E-state index is 14.9. The van der Waals surface area contributed by atoms with Crippen LogP contribution >= 0.6 is 0 Å². The van der Waals surface area contributed by atoms with Crippen LogP contribution in [-0.2, 0) is 37.9 Å². The summed E-state index contributed by atoms with van der Waals surface area (Å²) < 4.78 is 83.3. The average molecular weight is 1200 g/mol. The summed E-state index contributed by atoms with van der Waals surface area (Å²) in [5, 5.41) is 40.4. The highest BCUT2D eigenvalue weighted by molar-refractivity contribution is 7.90. The van der Waals surface area contributed by atoms with Crippen molar-refractivity contribution >= 4 is 72.5 Å². The molecule has 0 aromatic heterocycles. The molecule has 0 aliphatic rings. The van der Waals surface area contributed by atoms with Crippen LogP contribution in [0.2, 0.25) is 0 Å². The molecule has 84 heavy (non-hydrogen) atoms. The number of carbonyl (C=O) groups is 8. The molecule has 0 saturated heterocycles. The first-order valence-corrected chi connectivity index (χ1v) is 29.5. The van der Waals surface area contributed by atoms with E-state index in [1.165, 1.54) is 17.7 Å². The van der Waals surface area contributed by atoms with Crippen LogP contribution in [0.1, 0.15) is 131 Å². The zero-order valence-electron chi connectivity index (χ0n) is 46.4. The standard InChI is InChI=1S/C32H24F3NO6.C19H16O6.C7H8.2C2H6O2S/c1-31(32(33,34)35,20-12-14-23(29(39)40)25(17-20)27(37)16-19-8-4-2-5-9-19)21-13-15-24(30(41)42)26(18-21)28(38)36-22-10-6-3-7-11-22;1-2-16(20)12-9-13(15(19(24)25)10-14(12)18(22)23)17(21)8-11-6-4-3-5-7-11;1-7-5-3-2-4-6-7;2*1-5(2,3)4/h2-15,17-18H,16H2,1H3,(H,36,38)(H,39,40)(H,41,42);3-7,9-10H,2,8H2,1H3,(H,22,23)(H,24,25);2-6H,1H3;2*1-2H3. The minimum atomic E-state index is -5.02. The first-order valence-electron chi connectivity index (χ1n) is 24.9. The second-order valence-electron chi connectivity index (χ2n) is 19.0. The molecule has 7 aromatic rings. The topological polar surface area (TPSA) is 298 Å². The lowest BCUT2D eigenvalue weighted by molar-refractivity contribution is -0.173. The molecule has 0 fully saturated rings. The Hall–Kier alpha value is -9.41. The third-order valence-corrected chi connectivity index (χ3v) is 11.7. The van der Waals surface area contributed by atoms with E-state index in [9.17, 15) is 88.8 Å². The van der Waals surface area contributed by atoms with E-state index in [0.717, 1.165) is 80.5 Å². The van der Waals surface area contributed by atoms with Crippen LogP contribution in [0.4, 0.5) is 18.9 Å². The number of alkyl halides is 3. The lowest BCUT2D eigenvalue weighted by Crippen LogP contribution is -2.41. The Labute approximate surface area is 483 Å². The number of sulfone groups is 2. The van der Waals surface area contributed by atoms with Gasteiger partial charge in [-0.05, 0) is 84.6 Å². The number of aromatic carboxylic acids is 4. The molecule has 5 N–H and O–H groups in total. The van der Waals surface area contributed by atoms with Gasteiger partial charge < -0.3 is 25.7 Å². The third-order valence-electron chi connectivity index (χ3n) is 11.7. The van der Waals surface area contributed by atoms with Crippen molar-refractivity contribution in [2.75, 3.05) is 30.3 Å². The van der Waals surface area contributed by atoms with Gasteiger partial charge in [-0.25, -0.2) is 36.0 Å². The second-order valence-corrected chi connectivity index (χ2v) is 23.6. The molecule has 0 aliphatic carbocycles. The Morgan fingerprint density at radius 3 is 1.07 bits per heavy atom. The highest BCUT2D eigenvalue weighted by Gasteiger charge is 2.54. The minimum absolute atomic E-state index is 0.0407. The molecular formula is C62H60F3NO16S2. The molecule has 22 heteroatoms. The molecule has 0 saturated carbocycles. The Balaban J connectivity index is 0.000000366. The predicted molar refractivity (Wildman–Crippen MR) is 310 cm³/mol. The smallest absolute Gasteiger partial charge is 0.402 e. The lowest BCUT2D eigenvalue weighted by Gasteiger charge is -2.34. The fraction of sp³-hybridized carbons (Fsp3) is 0.194. The Morgan fingerprint density at radius 1 is 0.429 bits per heavy atom. The number of ketones is 3. The van der Waals surface area contributed by atoms with Gasteiger partial charge in [0.25, 0.3) is 5.91 Å². The van der Waals surface area contributed by atoms with E-state index in [0.29, 0.717) is 16.8 Å². The molecule has 0 bridgehead atoms. The highest BCUT2D eigenvalue weighted by atomic mass is 32.2. The van der Waals surface area contributed by atoms with Gasteiger partial charge in [0.2, 0.25) is 0 Å². The molecule has 442 valence electrons. The molecule has 0 radical (unpaired) electrons. The van der Waals surface area contributed by atoms with Crippen LogP contribution in [0.25, 0.3) is 0 Å². The van der Waals surface area contributed by atoms with Gasteiger partial charge in [-0.15, -0.1) is 0 Å². The molecule has 17 nitrogen and oxygen atoms in total. The lowest BCUT2D eigenvalue weighted by atomic mass is 9.73. The molecule has 7 rings (SSSR count). The van der Waals surface area contributed by atoms with Crippen molar-refractivity contribution in [2.24, 2.45) is 0 Å². The summed E-state index contributed by atoms with van der Waals surface area (Å²) >= 11 is 0. The van der Waals surface area contributed by atoms with Gasteiger partial charge in [0, 0.05) is 66.7 Å². The number of Topliss-reactive ketones (excluding diaryl/α,β-unsaturated/α-hetero) is 3. The molecule has 7 aromatic carbocycles. The number of carbonyl (C=O) groups excluding carboxylic acids is 4. The van der Waals surface area contributed by atoms with Crippen LogP contribution in [-0.4, -0.2) is 116 Å². The predicted octanol–water partition coefficient (Wildman–Crippen LogP) is 11.0. The summed E-state index contributed by atoms with van der Waals surface area (Å²) in [6.07, 6.45) is -0.633. The molecule has 0 heterocycles. The van der Waals surface area contributed by atoms with Gasteiger partial charge in [0.05, 0.1) is 27.8 Å². The van der Waals surface area contributed by atoms with Crippen molar-refractivity contribution in [2.45, 2.75) is 51.6 Å². The molecule has 0 aliphatic heterocycles. The molecular weight excluding hydrogens is 1140 g/mol. The first kappa shape index (κ1) is 68.9. The normalized spacial score (nSPS) is 11.5. The van der Waals surface area contributed by atoms with Gasteiger partial charge >= 0.3 is 30.1 Å². The molecule has 1 unspecified atom stereocenters. The SMILES string of the molecule is CC(c1ccc(C(=O)O)c(C(=O)Cc2ccccc2)c1)(c1ccc(C(=O)O)c(C(=O)Nc2ccccc2)c1)C(F)(F)F.CCC(=O)c1cc(C(=O)Cc2ccccc2)c(C(=O)O)cc1C(=O)O.CS(C)(=O)=O.CS(C)(=O)=O.Cc1ccccc1. The van der Waals surface area contributed by atoms with Crippen LogP contribution < -0.4 is 5.32 Å². The quantitative estimate of drug-likeness (QED) is 0.0562. The van der Waals surface area contributed by atoms with Crippen molar-refractivity contribution in [1.82, 2.24) is 0 Å². The fourth-order valence-corrected chi connectivity index (χ4v) is 7.61. The van der Waals surface area contributed by atoms with Crippen molar-refractivity contribution in [3.8, 4) is 0 Å². The zero-order chi connectivity index (χ0) is 63.3. The van der Waals surface area contributed by atoms with E-state index in [1.54, 1.807) is 85.8 Å². The third kappa shape index (κ3) is 21.5. The van der Waals surface area contributed by atoms with Gasteiger partial charge in [0.1, 0.15) is 25.1 Å². The molecule has 0 spiro atoms. The van der Waals surface area contributed by atoms with Crippen molar-refractivity contribution in [3.05, 3.63) is 242 Å². The minimum Gasteiger partial charge on any atom is -0.478 e. The Bertz CT molecular complexity index is 3580. The summed E-state index contributed by atoms with van der Waals surface area (Å²) in [6.45, 7) is 4.47. The van der Waals surface area contributed by atoms with Crippen LogP contribution in [0, 0.1) is 6.92 Å². The maximum absolute atomic E-state index is 14.9. The summed E-state index contributed by atoms with van der Waals surface area (Å²) in [6, 6.07) is 42.8. The first-order chi connectivity index (χ1) is 39.1. The number of halogens is 3. The summed E-state index contributed by atoms with van der Waals surface area (Å²) in [5.41, 5.74) is -4.04. The number of hydrogen-bond acceptors (Lipinski definition) is 12. The summed E-state index contributed by atoms with van der Waals surface area (Å²) in [5.74, 6) is -8.45. The van der Waals surface area contributed by atoms with E-state index in [-0.39, 0.29) is 30.4 Å². The number of hydrogen-bond donors (Lipinski definition) is 5. The van der Waals surface area contributed by atoms with Crippen molar-refractivity contribution in [3.63, 3.8) is 0 Å². The summed E-state index contributed by atoms with van der Waals surface area (Å²) in [7, 11) is -5.33. The highest BCUT2D eigenvalue weighted by Crippen LogP contribution is 2.47. The number of carboxylic acids is 4. The number of nitrogens with one attached hydrogen (secondary N) is 1. The summed E-state index contributed by atoms with van der Waals surface area (Å²) in [4.78, 5) is 97.5. The largest absolute Gasteiger partial charge is 0.478 e. The second kappa shape index (κ2) is 30.6. The average Bonchev–Trinajstić information content (AvgIpc) is 1.01. The Morgan fingerprint density at radius 2 is 0.738 bits per heavy atom. The van der Waals surface area contributed by atoms with Gasteiger partial charge in [0.15, 0.2) is 17.3 Å². The van der Waals surface area contributed by atoms with E-state index in [1.807, 2.05) is 18.2 Å². The number of benzene rings is 7. The van der Waals surface area contributed by atoms with E-state index < -0.39 is 123 Å². The number of anilines is 1. The van der Waals surface area contributed by atoms with E-state index >= 15 is 0 Å². The molecule has 1 amide bonds. The number of aryl methyl sites for hydroxylation is 1. The van der Waals surface area contributed by atoms with Crippen molar-refractivity contribution < 1.29 is 88.8 Å². The maximum Gasteiger partial charge on any atom is 0.402 e. The fourth-order valence-electron chi connectivity index (χ4n) is 7.61. The van der Waals surface area contributed by atoms with E-state index in [2.05, 4.69) is 24.4 Å². The van der Waals surface area contributed by atoms with Crippen molar-refractivity contribution in [1.29, 1.82) is 0 Å². The van der Waals surface area contributed by atoms with Crippen LogP contribution in [0.3, 0.4) is 0 Å². The van der Waals surface area contributed by atoms with E-state index in [4.69, 9.17) is 0 Å². The number of para-hydroxylation sites is 1. The number of rotatable bonds is 16.